The number of nitrogens with zero attached hydrogens (tertiary/aromatic N) is 2. The molecule has 2 aromatic rings. The van der Waals surface area contributed by atoms with Crippen LogP contribution >= 0.6 is 51.2 Å². The Balaban J connectivity index is 1.73. The molecule has 3 rings (SSSR count). The van der Waals surface area contributed by atoms with Gasteiger partial charge in [-0.05, 0) is 64.6 Å². The molecule has 1 atom stereocenters. The highest BCUT2D eigenvalue weighted by molar-refractivity contribution is 9.10. The Bertz CT molecular complexity index is 765. The molecule has 138 valence electrons. The molecular formula is C19H21BrN2OS3. The van der Waals surface area contributed by atoms with Crippen molar-refractivity contribution in [2.75, 3.05) is 18.6 Å². The van der Waals surface area contributed by atoms with Gasteiger partial charge in [0.15, 0.2) is 5.11 Å². The number of halogens is 1. The summed E-state index contributed by atoms with van der Waals surface area (Å²) < 4.78 is 1.08. The van der Waals surface area contributed by atoms with Gasteiger partial charge in [-0.1, -0.05) is 30.3 Å². The molecule has 26 heavy (non-hydrogen) atoms. The van der Waals surface area contributed by atoms with Gasteiger partial charge in [-0.2, -0.15) is 11.8 Å². The highest BCUT2D eigenvalue weighted by atomic mass is 79.9. The first-order chi connectivity index (χ1) is 12.6. The van der Waals surface area contributed by atoms with E-state index in [9.17, 15) is 4.79 Å². The Labute approximate surface area is 176 Å². The normalized spacial score (nSPS) is 17.4. The van der Waals surface area contributed by atoms with Gasteiger partial charge in [-0.3, -0.25) is 9.69 Å². The Morgan fingerprint density at radius 2 is 2.08 bits per heavy atom. The molecule has 0 spiro atoms. The fourth-order valence-corrected chi connectivity index (χ4v) is 5.36. The molecule has 0 radical (unpaired) electrons. The number of hydrogen-bond donors (Lipinski definition) is 0. The van der Waals surface area contributed by atoms with E-state index in [1.54, 1.807) is 28.0 Å². The molecule has 1 aliphatic heterocycles. The first-order valence-corrected chi connectivity index (χ1v) is 12.0. The first kappa shape index (κ1) is 19.9. The number of thioether (sulfide) groups is 1. The van der Waals surface area contributed by atoms with Gasteiger partial charge in [-0.25, -0.2) is 0 Å². The van der Waals surface area contributed by atoms with Crippen molar-refractivity contribution in [3.63, 3.8) is 0 Å². The summed E-state index contributed by atoms with van der Waals surface area (Å²) in [4.78, 5) is 18.2. The van der Waals surface area contributed by atoms with Crippen LogP contribution in [0.5, 0.6) is 0 Å². The Hall–Kier alpha value is -0.890. The fraction of sp³-hybridized carbons (Fsp3) is 0.368. The minimum atomic E-state index is -0.147. The van der Waals surface area contributed by atoms with E-state index in [0.29, 0.717) is 18.2 Å². The lowest BCUT2D eigenvalue weighted by molar-refractivity contribution is -0.128. The van der Waals surface area contributed by atoms with Crippen LogP contribution in [0.15, 0.2) is 46.3 Å². The number of thiocarbonyl (C=S) groups is 1. The van der Waals surface area contributed by atoms with Gasteiger partial charge in [-0.15, -0.1) is 11.3 Å². The topological polar surface area (TPSA) is 23.6 Å². The molecule has 1 aliphatic rings. The second kappa shape index (κ2) is 9.35. The van der Waals surface area contributed by atoms with Gasteiger partial charge < -0.3 is 4.90 Å². The molecule has 3 nitrogen and oxygen atoms in total. The van der Waals surface area contributed by atoms with Crippen molar-refractivity contribution in [2.24, 2.45) is 0 Å². The molecule has 1 saturated heterocycles. The summed E-state index contributed by atoms with van der Waals surface area (Å²) in [5, 5.41) is 2.74. The van der Waals surface area contributed by atoms with E-state index >= 15 is 0 Å². The Kier molecular flexibility index (Phi) is 7.14. The third-order valence-corrected chi connectivity index (χ3v) is 7.20. The average molecular weight is 469 g/mol. The van der Waals surface area contributed by atoms with Crippen LogP contribution in [0.1, 0.15) is 16.9 Å². The number of rotatable bonds is 8. The van der Waals surface area contributed by atoms with Crippen molar-refractivity contribution in [2.45, 2.75) is 25.4 Å². The third-order valence-electron chi connectivity index (χ3n) is 4.41. The predicted molar refractivity (Wildman–Crippen MR) is 119 cm³/mol. The second-order valence-corrected chi connectivity index (χ2v) is 9.43. The van der Waals surface area contributed by atoms with Crippen molar-refractivity contribution >= 4 is 62.3 Å². The number of hydrogen-bond acceptors (Lipinski definition) is 4. The average Bonchev–Trinajstić information content (AvgIpc) is 3.15. The number of carbonyl (C=O) groups is 1. The molecule has 0 bridgehead atoms. The van der Waals surface area contributed by atoms with Crippen molar-refractivity contribution in [3.05, 3.63) is 56.7 Å². The van der Waals surface area contributed by atoms with Crippen LogP contribution in [0, 0.1) is 0 Å². The van der Waals surface area contributed by atoms with E-state index in [2.05, 4.69) is 50.7 Å². The molecule has 0 N–H and O–H groups in total. The van der Waals surface area contributed by atoms with E-state index in [-0.39, 0.29) is 11.9 Å². The number of carbonyl (C=O) groups excluding carboxylic acids is 1. The van der Waals surface area contributed by atoms with Gasteiger partial charge in [0.2, 0.25) is 0 Å². The monoisotopic (exact) mass is 468 g/mol. The summed E-state index contributed by atoms with van der Waals surface area (Å²) in [6.07, 6.45) is 3.72. The molecule has 7 heteroatoms. The summed E-state index contributed by atoms with van der Waals surface area (Å²) in [6.45, 7) is 1.34. The van der Waals surface area contributed by atoms with Crippen molar-refractivity contribution in [1.82, 2.24) is 9.80 Å². The Morgan fingerprint density at radius 3 is 2.73 bits per heavy atom. The van der Waals surface area contributed by atoms with E-state index in [0.717, 1.165) is 23.1 Å². The van der Waals surface area contributed by atoms with Crippen LogP contribution in [-0.4, -0.2) is 45.4 Å². The van der Waals surface area contributed by atoms with Gasteiger partial charge in [0.05, 0.1) is 6.54 Å². The molecule has 1 unspecified atom stereocenters. The highest BCUT2D eigenvalue weighted by Crippen LogP contribution is 2.28. The van der Waals surface area contributed by atoms with E-state index in [1.165, 1.54) is 10.4 Å². The van der Waals surface area contributed by atoms with Gasteiger partial charge in [0, 0.05) is 21.3 Å². The second-order valence-electron chi connectivity index (χ2n) is 6.16. The molecule has 0 saturated carbocycles. The summed E-state index contributed by atoms with van der Waals surface area (Å²) in [6, 6.07) is 12.2. The zero-order valence-corrected chi connectivity index (χ0v) is 18.6. The Morgan fingerprint density at radius 1 is 1.31 bits per heavy atom. The van der Waals surface area contributed by atoms with Crippen molar-refractivity contribution in [3.8, 4) is 0 Å². The lowest BCUT2D eigenvalue weighted by Crippen LogP contribution is -2.34. The fourth-order valence-electron chi connectivity index (χ4n) is 3.08. The van der Waals surface area contributed by atoms with Crippen LogP contribution in [-0.2, 0) is 17.8 Å². The third kappa shape index (κ3) is 4.68. The van der Waals surface area contributed by atoms with Crippen molar-refractivity contribution < 1.29 is 4.79 Å². The van der Waals surface area contributed by atoms with E-state index in [1.807, 2.05) is 18.2 Å². The zero-order chi connectivity index (χ0) is 18.5. The standard InChI is InChI=1S/C19H21BrN2OS3/c1-25-10-8-17-18(23)21(9-7-14-5-3-2-4-6-14)19(24)22(17)12-16-11-15(20)13-26-16/h2-6,11,13,17H,7-10,12H2,1H3. The van der Waals surface area contributed by atoms with Gasteiger partial charge >= 0.3 is 0 Å². The maximum Gasteiger partial charge on any atom is 0.251 e. The molecule has 1 fully saturated rings. The molecule has 1 amide bonds. The SMILES string of the molecule is CSCCC1C(=O)N(CCc2ccccc2)C(=S)N1Cc1cc(Br)cs1. The lowest BCUT2D eigenvalue weighted by Gasteiger charge is -2.23. The van der Waals surface area contributed by atoms with Crippen LogP contribution < -0.4 is 0 Å². The quantitative estimate of drug-likeness (QED) is 0.518. The minimum Gasteiger partial charge on any atom is -0.332 e. The van der Waals surface area contributed by atoms with Crippen LogP contribution in [0.3, 0.4) is 0 Å². The molecule has 1 aromatic carbocycles. The summed E-state index contributed by atoms with van der Waals surface area (Å²) in [7, 11) is 0. The van der Waals surface area contributed by atoms with E-state index in [4.69, 9.17) is 12.2 Å². The molecular weight excluding hydrogens is 448 g/mol. The van der Waals surface area contributed by atoms with Crippen LogP contribution in [0.4, 0.5) is 0 Å². The van der Waals surface area contributed by atoms with Crippen LogP contribution in [0.2, 0.25) is 0 Å². The zero-order valence-electron chi connectivity index (χ0n) is 14.6. The van der Waals surface area contributed by atoms with Gasteiger partial charge in [0.1, 0.15) is 6.04 Å². The maximum atomic E-state index is 13.0. The molecule has 0 aliphatic carbocycles. The summed E-state index contributed by atoms with van der Waals surface area (Å²) in [5.41, 5.74) is 1.23. The smallest absolute Gasteiger partial charge is 0.251 e. The summed E-state index contributed by atoms with van der Waals surface area (Å²) in [5.74, 6) is 1.10. The molecule has 2 heterocycles. The summed E-state index contributed by atoms with van der Waals surface area (Å²) >= 11 is 12.7. The number of thiophene rings is 1. The van der Waals surface area contributed by atoms with E-state index < -0.39 is 0 Å². The number of benzene rings is 1. The van der Waals surface area contributed by atoms with Gasteiger partial charge in [0.25, 0.3) is 5.91 Å². The molecule has 1 aromatic heterocycles. The lowest BCUT2D eigenvalue weighted by atomic mass is 10.1. The first-order valence-electron chi connectivity index (χ1n) is 8.48. The maximum absolute atomic E-state index is 13.0. The largest absolute Gasteiger partial charge is 0.332 e. The van der Waals surface area contributed by atoms with Crippen molar-refractivity contribution in [1.29, 1.82) is 0 Å². The predicted octanol–water partition coefficient (Wildman–Crippen LogP) is 4.80. The number of amides is 1. The minimum absolute atomic E-state index is 0.147. The van der Waals surface area contributed by atoms with Crippen LogP contribution in [0.25, 0.3) is 0 Å². The highest BCUT2D eigenvalue weighted by Gasteiger charge is 2.41.